The highest BCUT2D eigenvalue weighted by molar-refractivity contribution is 6.08. The number of nitrogens with two attached hydrogens (primary N) is 1. The van der Waals surface area contributed by atoms with Crippen LogP contribution in [0.1, 0.15) is 6.92 Å². The molecular formula is C27H22F3N5O3. The van der Waals surface area contributed by atoms with Crippen LogP contribution in [0.15, 0.2) is 73.1 Å². The highest BCUT2D eigenvalue weighted by Gasteiger charge is 2.38. The van der Waals surface area contributed by atoms with Gasteiger partial charge in [-0.1, -0.05) is 36.4 Å². The van der Waals surface area contributed by atoms with Gasteiger partial charge in [0.15, 0.2) is 5.82 Å². The molecule has 6 aromatic rings. The van der Waals surface area contributed by atoms with Gasteiger partial charge in [0.25, 0.3) is 0 Å². The number of carboxylic acids is 1. The number of pyridine rings is 1. The highest BCUT2D eigenvalue weighted by atomic mass is 19.4. The Morgan fingerprint density at radius 2 is 1.71 bits per heavy atom. The van der Waals surface area contributed by atoms with Crippen LogP contribution in [-0.2, 0) is 11.3 Å². The molecule has 194 valence electrons. The van der Waals surface area contributed by atoms with Crippen LogP contribution < -0.4 is 10.5 Å². The quantitative estimate of drug-likeness (QED) is 0.266. The minimum atomic E-state index is -5.08. The second kappa shape index (κ2) is 9.58. The number of carbonyl (C=O) groups is 1. The fourth-order valence-electron chi connectivity index (χ4n) is 4.39. The lowest BCUT2D eigenvalue weighted by molar-refractivity contribution is -0.192. The Hall–Kier alpha value is -4.80. The zero-order chi connectivity index (χ0) is 27.0. The number of rotatable bonds is 4. The van der Waals surface area contributed by atoms with Gasteiger partial charge in [0.1, 0.15) is 17.4 Å². The van der Waals surface area contributed by atoms with Crippen molar-refractivity contribution in [3.05, 3.63) is 73.1 Å². The summed E-state index contributed by atoms with van der Waals surface area (Å²) >= 11 is 0. The largest absolute Gasteiger partial charge is 0.490 e. The van der Waals surface area contributed by atoms with Gasteiger partial charge in [-0.25, -0.2) is 14.8 Å². The van der Waals surface area contributed by atoms with Crippen molar-refractivity contribution in [1.29, 1.82) is 0 Å². The monoisotopic (exact) mass is 521 g/mol. The van der Waals surface area contributed by atoms with E-state index in [0.29, 0.717) is 12.4 Å². The van der Waals surface area contributed by atoms with Crippen molar-refractivity contribution in [2.24, 2.45) is 0 Å². The third-order valence-corrected chi connectivity index (χ3v) is 5.99. The molecule has 0 radical (unpaired) electrons. The lowest BCUT2D eigenvalue weighted by atomic mass is 10.1. The van der Waals surface area contributed by atoms with E-state index >= 15 is 0 Å². The number of para-hydroxylation sites is 2. The van der Waals surface area contributed by atoms with E-state index < -0.39 is 12.1 Å². The summed E-state index contributed by atoms with van der Waals surface area (Å²) in [5.41, 5.74) is 11.0. The standard InChI is InChI=1S/C25H21N5O.C2HF3O2/c1-15(31-16-10-11-22-19(12-16)17-6-2-4-8-20(17)28-22)13-30-14-27-23-24(30)18-7-3-5-9-21(18)29-25(23)26;3-2(4,5)1(6)7/h2-12,14-15,28H,13H2,1H3,(H2,26,29);(H,6,7). The number of nitrogens with zero attached hydrogens (tertiary/aromatic N) is 3. The van der Waals surface area contributed by atoms with Crippen molar-refractivity contribution in [2.75, 3.05) is 5.73 Å². The molecule has 0 bridgehead atoms. The zero-order valence-corrected chi connectivity index (χ0v) is 20.0. The van der Waals surface area contributed by atoms with Crippen molar-refractivity contribution in [3.8, 4) is 5.75 Å². The molecule has 3 heterocycles. The van der Waals surface area contributed by atoms with Crippen LogP contribution in [0.5, 0.6) is 5.75 Å². The van der Waals surface area contributed by atoms with Gasteiger partial charge in [0, 0.05) is 27.2 Å². The van der Waals surface area contributed by atoms with Crippen molar-refractivity contribution >= 4 is 55.5 Å². The molecule has 1 unspecified atom stereocenters. The fourth-order valence-corrected chi connectivity index (χ4v) is 4.39. The predicted octanol–water partition coefficient (Wildman–Crippen LogP) is 5.90. The summed E-state index contributed by atoms with van der Waals surface area (Å²) in [6, 6.07) is 22.5. The van der Waals surface area contributed by atoms with Crippen molar-refractivity contribution in [3.63, 3.8) is 0 Å². The molecule has 1 atom stereocenters. The molecule has 3 aromatic heterocycles. The Balaban J connectivity index is 0.000000374. The lowest BCUT2D eigenvalue weighted by Crippen LogP contribution is -2.21. The normalized spacial score (nSPS) is 12.5. The van der Waals surface area contributed by atoms with Crippen molar-refractivity contribution in [1.82, 2.24) is 19.5 Å². The number of benzene rings is 3. The Bertz CT molecular complexity index is 1790. The molecule has 3 aromatic carbocycles. The maximum Gasteiger partial charge on any atom is 0.490 e. The van der Waals surface area contributed by atoms with Crippen LogP contribution in [0.4, 0.5) is 19.0 Å². The number of hydrogen-bond donors (Lipinski definition) is 3. The molecule has 0 amide bonds. The molecule has 0 fully saturated rings. The molecule has 0 saturated carbocycles. The molecule has 8 nitrogen and oxygen atoms in total. The smallest absolute Gasteiger partial charge is 0.489 e. The number of aromatic amines is 1. The second-order valence-electron chi connectivity index (χ2n) is 8.72. The number of alkyl halides is 3. The number of fused-ring (bicyclic) bond motifs is 6. The number of anilines is 1. The third kappa shape index (κ3) is 4.77. The average Bonchev–Trinajstić information content (AvgIpc) is 3.46. The third-order valence-electron chi connectivity index (χ3n) is 5.99. The van der Waals surface area contributed by atoms with Gasteiger partial charge in [-0.3, -0.25) is 0 Å². The maximum absolute atomic E-state index is 10.6. The molecule has 4 N–H and O–H groups in total. The topological polar surface area (TPSA) is 119 Å². The van der Waals surface area contributed by atoms with E-state index in [0.717, 1.165) is 38.7 Å². The van der Waals surface area contributed by atoms with Crippen LogP contribution in [0, 0.1) is 0 Å². The summed E-state index contributed by atoms with van der Waals surface area (Å²) in [6.07, 6.45) is -3.33. The molecule has 0 saturated heterocycles. The van der Waals surface area contributed by atoms with Crippen LogP contribution in [0.3, 0.4) is 0 Å². The number of carboxylic acid groups (broad SMARTS) is 1. The minimum absolute atomic E-state index is 0.0618. The van der Waals surface area contributed by atoms with E-state index in [1.165, 1.54) is 10.8 Å². The molecule has 6 rings (SSSR count). The van der Waals surface area contributed by atoms with Crippen molar-refractivity contribution < 1.29 is 27.8 Å². The number of halogens is 3. The number of nitrogens with one attached hydrogen (secondary N) is 1. The van der Waals surface area contributed by atoms with Crippen LogP contribution in [-0.4, -0.2) is 42.9 Å². The summed E-state index contributed by atoms with van der Waals surface area (Å²) < 4.78 is 40.1. The molecular weight excluding hydrogens is 499 g/mol. The molecule has 0 aliphatic carbocycles. The molecule has 0 aliphatic rings. The number of imidazole rings is 1. The van der Waals surface area contributed by atoms with E-state index in [9.17, 15) is 13.2 Å². The summed E-state index contributed by atoms with van der Waals surface area (Å²) in [5.74, 6) is -1.46. The SMILES string of the molecule is CC(Cn1cnc2c(N)nc3ccccc3c21)Oc1ccc2[nH]c3ccccc3c2c1.O=C(O)C(F)(F)F. The van der Waals surface area contributed by atoms with Crippen LogP contribution >= 0.6 is 0 Å². The lowest BCUT2D eigenvalue weighted by Gasteiger charge is -2.16. The van der Waals surface area contributed by atoms with Gasteiger partial charge in [0.2, 0.25) is 0 Å². The first-order valence-electron chi connectivity index (χ1n) is 11.6. The van der Waals surface area contributed by atoms with E-state index in [2.05, 4.69) is 62.8 Å². The van der Waals surface area contributed by atoms with Gasteiger partial charge in [-0.05, 0) is 37.3 Å². The first-order chi connectivity index (χ1) is 18.1. The predicted molar refractivity (Wildman–Crippen MR) is 139 cm³/mol. The van der Waals surface area contributed by atoms with Gasteiger partial charge in [-0.2, -0.15) is 13.2 Å². The number of nitrogen functional groups attached to an aromatic ring is 1. The molecule has 0 aliphatic heterocycles. The molecule has 0 spiro atoms. The van der Waals surface area contributed by atoms with Gasteiger partial charge >= 0.3 is 12.1 Å². The second-order valence-corrected chi connectivity index (χ2v) is 8.72. The maximum atomic E-state index is 10.6. The van der Waals surface area contributed by atoms with E-state index in [1.807, 2.05) is 36.7 Å². The number of aromatic nitrogens is 4. The Morgan fingerprint density at radius 3 is 2.45 bits per heavy atom. The zero-order valence-electron chi connectivity index (χ0n) is 20.0. The first-order valence-corrected chi connectivity index (χ1v) is 11.6. The fraction of sp³-hybridized carbons (Fsp3) is 0.148. The summed E-state index contributed by atoms with van der Waals surface area (Å²) in [4.78, 5) is 21.3. The number of H-pyrrole nitrogens is 1. The molecule has 38 heavy (non-hydrogen) atoms. The Labute approximate surface area is 213 Å². The summed E-state index contributed by atoms with van der Waals surface area (Å²) in [5, 5.41) is 10.5. The first kappa shape index (κ1) is 24.9. The molecule has 11 heteroatoms. The van der Waals surface area contributed by atoms with E-state index in [-0.39, 0.29) is 6.10 Å². The minimum Gasteiger partial charge on any atom is -0.489 e. The highest BCUT2D eigenvalue weighted by Crippen LogP contribution is 2.30. The van der Waals surface area contributed by atoms with Crippen molar-refractivity contribution in [2.45, 2.75) is 25.7 Å². The van der Waals surface area contributed by atoms with Gasteiger partial charge in [-0.15, -0.1) is 0 Å². The van der Waals surface area contributed by atoms with E-state index in [4.69, 9.17) is 20.4 Å². The summed E-state index contributed by atoms with van der Waals surface area (Å²) in [6.45, 7) is 2.72. The van der Waals surface area contributed by atoms with Gasteiger partial charge < -0.3 is 25.1 Å². The Morgan fingerprint density at radius 1 is 1.05 bits per heavy atom. The van der Waals surface area contributed by atoms with Crippen LogP contribution in [0.25, 0.3) is 43.7 Å². The summed E-state index contributed by atoms with van der Waals surface area (Å²) in [7, 11) is 0. The number of hydrogen-bond acceptors (Lipinski definition) is 5. The van der Waals surface area contributed by atoms with E-state index in [1.54, 1.807) is 0 Å². The number of aliphatic carboxylic acids is 1. The average molecular weight is 521 g/mol. The Kier molecular flexibility index (Phi) is 6.27. The number of ether oxygens (including phenoxy) is 1. The van der Waals surface area contributed by atoms with Gasteiger partial charge in [0.05, 0.1) is 23.9 Å². The van der Waals surface area contributed by atoms with Crippen LogP contribution in [0.2, 0.25) is 0 Å².